The first kappa shape index (κ1) is 15.0. The number of carboxylic acids is 1. The summed E-state index contributed by atoms with van der Waals surface area (Å²) >= 11 is 0. The van der Waals surface area contributed by atoms with Crippen molar-refractivity contribution in [3.8, 4) is 0 Å². The fourth-order valence-corrected chi connectivity index (χ4v) is 4.11. The van der Waals surface area contributed by atoms with Crippen LogP contribution in [-0.4, -0.2) is 36.9 Å². The highest BCUT2D eigenvalue weighted by Gasteiger charge is 2.31. The summed E-state index contributed by atoms with van der Waals surface area (Å²) in [5, 5.41) is 8.82. The molecule has 1 aromatic carbocycles. The molecule has 1 heterocycles. The summed E-state index contributed by atoms with van der Waals surface area (Å²) in [6, 6.07) is 5.39. The zero-order valence-electron chi connectivity index (χ0n) is 11.4. The molecule has 110 valence electrons. The molecule has 5 nitrogen and oxygen atoms in total. The van der Waals surface area contributed by atoms with Crippen LogP contribution in [0, 0.1) is 5.92 Å². The summed E-state index contributed by atoms with van der Waals surface area (Å²) in [5.41, 5.74) is 0.0919. The summed E-state index contributed by atoms with van der Waals surface area (Å²) in [5.74, 6) is -0.619. The van der Waals surface area contributed by atoms with Gasteiger partial charge in [0.2, 0.25) is 10.0 Å². The first-order valence-corrected chi connectivity index (χ1v) is 8.22. The molecule has 0 aromatic heterocycles. The number of rotatable bonds is 5. The SMILES string of the molecule is CCCC1CCN(S(=O)(=O)c2ccc(C(=O)O)cc2)C1. The van der Waals surface area contributed by atoms with Gasteiger partial charge in [0.15, 0.2) is 0 Å². The number of carboxylic acid groups (broad SMARTS) is 1. The van der Waals surface area contributed by atoms with Crippen molar-refractivity contribution in [2.45, 2.75) is 31.1 Å². The van der Waals surface area contributed by atoms with E-state index < -0.39 is 16.0 Å². The number of carbonyl (C=O) groups is 1. The highest BCUT2D eigenvalue weighted by Crippen LogP contribution is 2.26. The minimum absolute atomic E-state index is 0.0919. The van der Waals surface area contributed by atoms with Crippen LogP contribution in [0.2, 0.25) is 0 Å². The molecule has 0 radical (unpaired) electrons. The van der Waals surface area contributed by atoms with Crippen molar-refractivity contribution in [2.75, 3.05) is 13.1 Å². The van der Waals surface area contributed by atoms with Crippen molar-refractivity contribution >= 4 is 16.0 Å². The zero-order valence-corrected chi connectivity index (χ0v) is 12.3. The normalized spacial score (nSPS) is 20.1. The Kier molecular flexibility index (Phi) is 4.45. The second-order valence-electron chi connectivity index (χ2n) is 5.14. The predicted octanol–water partition coefficient (Wildman–Crippen LogP) is 2.20. The lowest BCUT2D eigenvalue weighted by Gasteiger charge is -2.16. The predicted molar refractivity (Wildman–Crippen MR) is 75.2 cm³/mol. The lowest BCUT2D eigenvalue weighted by atomic mass is 10.0. The van der Waals surface area contributed by atoms with Gasteiger partial charge in [-0.3, -0.25) is 0 Å². The third-order valence-corrected chi connectivity index (χ3v) is 5.56. The smallest absolute Gasteiger partial charge is 0.335 e. The summed E-state index contributed by atoms with van der Waals surface area (Å²) in [6.07, 6.45) is 3.01. The number of benzene rings is 1. The van der Waals surface area contributed by atoms with E-state index in [-0.39, 0.29) is 10.5 Å². The Balaban J connectivity index is 2.16. The molecule has 0 aliphatic carbocycles. The molecule has 0 bridgehead atoms. The van der Waals surface area contributed by atoms with Crippen molar-refractivity contribution in [3.63, 3.8) is 0 Å². The molecule has 1 aromatic rings. The van der Waals surface area contributed by atoms with Gasteiger partial charge in [0, 0.05) is 13.1 Å². The van der Waals surface area contributed by atoms with E-state index in [0.29, 0.717) is 19.0 Å². The standard InChI is InChI=1S/C14H19NO4S/c1-2-3-11-8-9-15(10-11)20(18,19)13-6-4-12(5-7-13)14(16)17/h4-7,11H,2-3,8-10H2,1H3,(H,16,17). The van der Waals surface area contributed by atoms with E-state index in [4.69, 9.17) is 5.11 Å². The lowest BCUT2D eigenvalue weighted by molar-refractivity contribution is 0.0696. The fourth-order valence-electron chi connectivity index (χ4n) is 2.58. The molecular formula is C14H19NO4S. The minimum Gasteiger partial charge on any atom is -0.478 e. The summed E-state index contributed by atoms with van der Waals surface area (Å²) in [4.78, 5) is 10.9. The molecule has 2 rings (SSSR count). The van der Waals surface area contributed by atoms with Gasteiger partial charge in [-0.25, -0.2) is 13.2 Å². The highest BCUT2D eigenvalue weighted by molar-refractivity contribution is 7.89. The minimum atomic E-state index is -3.49. The summed E-state index contributed by atoms with van der Waals surface area (Å²) in [7, 11) is -3.49. The molecule has 1 N–H and O–H groups in total. The number of sulfonamides is 1. The van der Waals surface area contributed by atoms with Gasteiger partial charge in [-0.15, -0.1) is 0 Å². The Morgan fingerprint density at radius 2 is 2.00 bits per heavy atom. The number of aromatic carboxylic acids is 1. The van der Waals surface area contributed by atoms with Crippen LogP contribution in [0.1, 0.15) is 36.5 Å². The van der Waals surface area contributed by atoms with E-state index in [9.17, 15) is 13.2 Å². The van der Waals surface area contributed by atoms with Crippen molar-refractivity contribution < 1.29 is 18.3 Å². The van der Waals surface area contributed by atoms with Crippen molar-refractivity contribution in [1.82, 2.24) is 4.31 Å². The molecule has 0 spiro atoms. The first-order valence-electron chi connectivity index (χ1n) is 6.78. The van der Waals surface area contributed by atoms with Gasteiger partial charge in [0.1, 0.15) is 0 Å². The van der Waals surface area contributed by atoms with E-state index in [1.54, 1.807) is 0 Å². The molecule has 1 saturated heterocycles. The van der Waals surface area contributed by atoms with Crippen molar-refractivity contribution in [1.29, 1.82) is 0 Å². The van der Waals surface area contributed by atoms with Gasteiger partial charge < -0.3 is 5.11 Å². The second-order valence-corrected chi connectivity index (χ2v) is 7.07. The van der Waals surface area contributed by atoms with Crippen LogP contribution in [-0.2, 0) is 10.0 Å². The zero-order chi connectivity index (χ0) is 14.8. The molecule has 1 fully saturated rings. The van der Waals surface area contributed by atoms with Crippen LogP contribution in [0.25, 0.3) is 0 Å². The van der Waals surface area contributed by atoms with Crippen LogP contribution in [0.5, 0.6) is 0 Å². The Labute approximate surface area is 119 Å². The van der Waals surface area contributed by atoms with Gasteiger partial charge in [-0.05, 0) is 43.0 Å². The van der Waals surface area contributed by atoms with Crippen LogP contribution in [0.15, 0.2) is 29.2 Å². The third-order valence-electron chi connectivity index (χ3n) is 3.68. The average molecular weight is 297 g/mol. The second kappa shape index (κ2) is 5.93. The maximum absolute atomic E-state index is 12.4. The Morgan fingerprint density at radius 3 is 2.55 bits per heavy atom. The highest BCUT2D eigenvalue weighted by atomic mass is 32.2. The topological polar surface area (TPSA) is 74.7 Å². The fraction of sp³-hybridized carbons (Fsp3) is 0.500. The Bertz CT molecular complexity index is 580. The van der Waals surface area contributed by atoms with E-state index in [0.717, 1.165) is 19.3 Å². The molecule has 1 aliphatic rings. The van der Waals surface area contributed by atoms with Crippen LogP contribution in [0.3, 0.4) is 0 Å². The van der Waals surface area contributed by atoms with E-state index in [1.165, 1.54) is 28.6 Å². The molecule has 1 aliphatic heterocycles. The molecule has 0 amide bonds. The molecule has 6 heteroatoms. The molecular weight excluding hydrogens is 278 g/mol. The maximum Gasteiger partial charge on any atom is 0.335 e. The van der Waals surface area contributed by atoms with Crippen LogP contribution in [0.4, 0.5) is 0 Å². The van der Waals surface area contributed by atoms with E-state index in [1.807, 2.05) is 0 Å². The van der Waals surface area contributed by atoms with Gasteiger partial charge in [-0.1, -0.05) is 13.3 Å². The van der Waals surface area contributed by atoms with Crippen molar-refractivity contribution in [3.05, 3.63) is 29.8 Å². The molecule has 20 heavy (non-hydrogen) atoms. The Morgan fingerprint density at radius 1 is 1.35 bits per heavy atom. The molecule has 1 unspecified atom stereocenters. The summed E-state index contributed by atoms with van der Waals surface area (Å²) in [6.45, 7) is 3.21. The van der Waals surface area contributed by atoms with Gasteiger partial charge in [0.05, 0.1) is 10.5 Å². The molecule has 0 saturated carbocycles. The van der Waals surface area contributed by atoms with Crippen molar-refractivity contribution in [2.24, 2.45) is 5.92 Å². The lowest BCUT2D eigenvalue weighted by Crippen LogP contribution is -2.28. The van der Waals surface area contributed by atoms with Crippen LogP contribution >= 0.6 is 0 Å². The maximum atomic E-state index is 12.4. The number of nitrogens with zero attached hydrogens (tertiary/aromatic N) is 1. The Hall–Kier alpha value is -1.40. The van der Waals surface area contributed by atoms with E-state index in [2.05, 4.69) is 6.92 Å². The largest absolute Gasteiger partial charge is 0.478 e. The van der Waals surface area contributed by atoms with Gasteiger partial charge in [0.25, 0.3) is 0 Å². The van der Waals surface area contributed by atoms with Crippen LogP contribution < -0.4 is 0 Å². The first-order chi connectivity index (χ1) is 9.45. The van der Waals surface area contributed by atoms with Gasteiger partial charge >= 0.3 is 5.97 Å². The average Bonchev–Trinajstić information content (AvgIpc) is 2.88. The summed E-state index contributed by atoms with van der Waals surface area (Å²) < 4.78 is 26.4. The third kappa shape index (κ3) is 3.02. The molecule has 1 atom stereocenters. The van der Waals surface area contributed by atoms with Gasteiger partial charge in [-0.2, -0.15) is 4.31 Å². The number of hydrogen-bond acceptors (Lipinski definition) is 3. The number of hydrogen-bond donors (Lipinski definition) is 1. The quantitative estimate of drug-likeness (QED) is 0.904. The van der Waals surface area contributed by atoms with E-state index >= 15 is 0 Å². The monoisotopic (exact) mass is 297 g/mol.